The highest BCUT2D eigenvalue weighted by atomic mass is 32.2. The van der Waals surface area contributed by atoms with E-state index in [1.807, 2.05) is 0 Å². The molecule has 0 saturated heterocycles. The molecule has 2 N–H and O–H groups in total. The van der Waals surface area contributed by atoms with E-state index in [-0.39, 0.29) is 5.41 Å². The van der Waals surface area contributed by atoms with E-state index in [2.05, 4.69) is 0 Å². The number of nitrogens with two attached hydrogens (primary N) is 1. The Bertz CT molecular complexity index is 289. The average Bonchev–Trinajstić information content (AvgIpc) is 1.70. The molecule has 5 heteroatoms. The summed E-state index contributed by atoms with van der Waals surface area (Å²) in [6, 6.07) is 0. The lowest BCUT2D eigenvalue weighted by Gasteiger charge is -2.68. The van der Waals surface area contributed by atoms with E-state index in [1.165, 1.54) is 0 Å². The van der Waals surface area contributed by atoms with E-state index in [0.29, 0.717) is 25.9 Å². The normalized spacial score (nSPS) is 44.8. The van der Waals surface area contributed by atoms with Crippen molar-refractivity contribution in [2.45, 2.75) is 24.0 Å². The molecule has 4 nitrogen and oxygen atoms in total. The maximum Gasteiger partial charge on any atom is 0.214 e. The number of hydrogen-bond donors (Lipinski definition) is 1. The molecule has 2 bridgehead atoms. The molecular formula is C7H13NO3S. The summed E-state index contributed by atoms with van der Waals surface area (Å²) in [7, 11) is -1.67. The summed E-state index contributed by atoms with van der Waals surface area (Å²) in [4.78, 5) is 0. The SMILES string of the molecule is COCC12CC(S(N)(=O)=O)(C1)C2. The molecule has 0 aromatic rings. The van der Waals surface area contributed by atoms with Crippen molar-refractivity contribution < 1.29 is 13.2 Å². The number of methoxy groups -OCH3 is 1. The van der Waals surface area contributed by atoms with E-state index in [1.54, 1.807) is 7.11 Å². The first-order chi connectivity index (χ1) is 5.43. The smallest absolute Gasteiger partial charge is 0.214 e. The van der Waals surface area contributed by atoms with Crippen LogP contribution in [0.3, 0.4) is 0 Å². The van der Waals surface area contributed by atoms with E-state index in [9.17, 15) is 8.42 Å². The van der Waals surface area contributed by atoms with Gasteiger partial charge in [0.05, 0.1) is 11.4 Å². The van der Waals surface area contributed by atoms with Crippen LogP contribution >= 0.6 is 0 Å². The van der Waals surface area contributed by atoms with Crippen LogP contribution in [0.2, 0.25) is 0 Å². The Balaban J connectivity index is 2.05. The molecule has 3 aliphatic rings. The summed E-state index contributed by atoms with van der Waals surface area (Å²) in [6.45, 7) is 0.671. The molecule has 0 unspecified atom stereocenters. The lowest BCUT2D eigenvalue weighted by atomic mass is 9.44. The van der Waals surface area contributed by atoms with Crippen LogP contribution in [0.15, 0.2) is 0 Å². The van der Waals surface area contributed by atoms with Gasteiger partial charge < -0.3 is 4.74 Å². The second-order valence-electron chi connectivity index (χ2n) is 4.19. The minimum absolute atomic E-state index is 0.154. The minimum Gasteiger partial charge on any atom is -0.384 e. The number of rotatable bonds is 3. The third kappa shape index (κ3) is 0.815. The first kappa shape index (κ1) is 8.47. The van der Waals surface area contributed by atoms with Gasteiger partial charge in [-0.25, -0.2) is 13.6 Å². The fourth-order valence-corrected chi connectivity index (χ4v) is 4.18. The summed E-state index contributed by atoms with van der Waals surface area (Å²) in [5.41, 5.74) is 0.154. The summed E-state index contributed by atoms with van der Waals surface area (Å²) in [5.74, 6) is 0. The van der Waals surface area contributed by atoms with Gasteiger partial charge >= 0.3 is 0 Å². The summed E-state index contributed by atoms with van der Waals surface area (Å²) in [5, 5.41) is 5.10. The monoisotopic (exact) mass is 191 g/mol. The lowest BCUT2D eigenvalue weighted by molar-refractivity contribution is -0.126. The second kappa shape index (κ2) is 2.02. The van der Waals surface area contributed by atoms with Crippen molar-refractivity contribution in [3.05, 3.63) is 0 Å². The molecule has 0 aromatic carbocycles. The zero-order valence-electron chi connectivity index (χ0n) is 7.04. The molecule has 0 heterocycles. The van der Waals surface area contributed by atoms with Crippen molar-refractivity contribution in [1.82, 2.24) is 0 Å². The number of primary sulfonamides is 1. The minimum atomic E-state index is -3.31. The van der Waals surface area contributed by atoms with Crippen LogP contribution in [0.1, 0.15) is 19.3 Å². The zero-order chi connectivity index (χ0) is 9.04. The van der Waals surface area contributed by atoms with E-state index in [0.717, 1.165) is 0 Å². The van der Waals surface area contributed by atoms with Gasteiger partial charge in [-0.05, 0) is 24.7 Å². The van der Waals surface area contributed by atoms with Gasteiger partial charge in [0.1, 0.15) is 0 Å². The molecule has 3 rings (SSSR count). The van der Waals surface area contributed by atoms with Gasteiger partial charge in [-0.1, -0.05) is 0 Å². The predicted molar refractivity (Wildman–Crippen MR) is 44.0 cm³/mol. The molecule has 0 amide bonds. The molecule has 0 aliphatic heterocycles. The number of sulfonamides is 1. The van der Waals surface area contributed by atoms with Crippen molar-refractivity contribution >= 4 is 10.0 Å². The first-order valence-corrected chi connectivity index (χ1v) is 5.49. The van der Waals surface area contributed by atoms with Crippen molar-refractivity contribution in [2.75, 3.05) is 13.7 Å². The maximum atomic E-state index is 11.1. The van der Waals surface area contributed by atoms with Gasteiger partial charge in [-0.3, -0.25) is 0 Å². The molecule has 0 radical (unpaired) electrons. The molecular weight excluding hydrogens is 178 g/mol. The van der Waals surface area contributed by atoms with Crippen molar-refractivity contribution in [3.8, 4) is 0 Å². The Morgan fingerprint density at radius 3 is 2.25 bits per heavy atom. The van der Waals surface area contributed by atoms with Crippen LogP contribution in [-0.4, -0.2) is 26.9 Å². The van der Waals surface area contributed by atoms with Gasteiger partial charge in [-0.2, -0.15) is 0 Å². The number of ether oxygens (including phenoxy) is 1. The molecule has 70 valence electrons. The summed E-state index contributed by atoms with van der Waals surface area (Å²) in [6.07, 6.45) is 2.10. The van der Waals surface area contributed by atoms with Gasteiger partial charge in [-0.15, -0.1) is 0 Å². The van der Waals surface area contributed by atoms with Crippen molar-refractivity contribution in [2.24, 2.45) is 10.6 Å². The second-order valence-corrected chi connectivity index (χ2v) is 6.15. The van der Waals surface area contributed by atoms with Crippen molar-refractivity contribution in [3.63, 3.8) is 0 Å². The Kier molecular flexibility index (Phi) is 1.43. The molecule has 0 atom stereocenters. The Morgan fingerprint density at radius 2 is 1.92 bits per heavy atom. The topological polar surface area (TPSA) is 69.4 Å². The first-order valence-electron chi connectivity index (χ1n) is 3.94. The van der Waals surface area contributed by atoms with Crippen LogP contribution in [0.5, 0.6) is 0 Å². The Hall–Kier alpha value is -0.130. The van der Waals surface area contributed by atoms with E-state index < -0.39 is 14.8 Å². The third-order valence-corrected chi connectivity index (χ3v) is 4.79. The van der Waals surface area contributed by atoms with Crippen LogP contribution in [0.25, 0.3) is 0 Å². The van der Waals surface area contributed by atoms with Crippen LogP contribution in [0, 0.1) is 5.41 Å². The quantitative estimate of drug-likeness (QED) is 0.674. The summed E-state index contributed by atoms with van der Waals surface area (Å²) < 4.78 is 26.6. The Labute approximate surface area is 72.1 Å². The Morgan fingerprint density at radius 1 is 1.42 bits per heavy atom. The zero-order valence-corrected chi connectivity index (χ0v) is 7.86. The van der Waals surface area contributed by atoms with Gasteiger partial charge in [0.2, 0.25) is 10.0 Å². The standard InChI is InChI=1S/C7H13NO3S/c1-11-5-6-2-7(3-6,4-6)12(8,9)10/h2-5H2,1H3,(H2,8,9,10). The van der Waals surface area contributed by atoms with Crippen LogP contribution in [0.4, 0.5) is 0 Å². The molecule has 3 saturated carbocycles. The van der Waals surface area contributed by atoms with Crippen molar-refractivity contribution in [1.29, 1.82) is 0 Å². The van der Waals surface area contributed by atoms with Gasteiger partial charge in [0.25, 0.3) is 0 Å². The van der Waals surface area contributed by atoms with Gasteiger partial charge in [0.15, 0.2) is 0 Å². The highest BCUT2D eigenvalue weighted by molar-refractivity contribution is 7.90. The highest BCUT2D eigenvalue weighted by Crippen LogP contribution is 2.70. The predicted octanol–water partition coefficient (Wildman–Crippen LogP) is -0.156. The largest absolute Gasteiger partial charge is 0.384 e. The lowest BCUT2D eigenvalue weighted by Crippen LogP contribution is -2.73. The summed E-state index contributed by atoms with van der Waals surface area (Å²) >= 11 is 0. The van der Waals surface area contributed by atoms with Crippen LogP contribution < -0.4 is 5.14 Å². The fraction of sp³-hybridized carbons (Fsp3) is 1.00. The molecule has 3 aliphatic carbocycles. The van der Waals surface area contributed by atoms with E-state index >= 15 is 0 Å². The van der Waals surface area contributed by atoms with E-state index in [4.69, 9.17) is 9.88 Å². The molecule has 0 aromatic heterocycles. The molecule has 0 spiro atoms. The molecule has 3 fully saturated rings. The highest BCUT2D eigenvalue weighted by Gasteiger charge is 2.73. The van der Waals surface area contributed by atoms with Gasteiger partial charge in [0, 0.05) is 7.11 Å². The average molecular weight is 191 g/mol. The number of hydrogen-bond acceptors (Lipinski definition) is 3. The van der Waals surface area contributed by atoms with Crippen LogP contribution in [-0.2, 0) is 14.8 Å². The fourth-order valence-electron chi connectivity index (χ4n) is 2.66. The third-order valence-electron chi connectivity index (χ3n) is 3.15. The maximum absolute atomic E-state index is 11.1. The molecule has 12 heavy (non-hydrogen) atoms.